The smallest absolute Gasteiger partial charge is 0.226 e. The minimum absolute atomic E-state index is 0.0375. The summed E-state index contributed by atoms with van der Waals surface area (Å²) in [7, 11) is 1.97. The van der Waals surface area contributed by atoms with Gasteiger partial charge in [-0.2, -0.15) is 5.06 Å². The van der Waals surface area contributed by atoms with Crippen LogP contribution in [0.4, 0.5) is 0 Å². The van der Waals surface area contributed by atoms with Crippen LogP contribution in [0.15, 0.2) is 0 Å². The molecule has 4 fully saturated rings. The zero-order valence-corrected chi connectivity index (χ0v) is 14.4. The van der Waals surface area contributed by atoms with E-state index in [4.69, 9.17) is 4.84 Å². The van der Waals surface area contributed by atoms with Gasteiger partial charge in [-0.05, 0) is 52.4 Å². The highest BCUT2D eigenvalue weighted by Crippen LogP contribution is 2.56. The predicted octanol–water partition coefficient (Wildman–Crippen LogP) is 1.25. The van der Waals surface area contributed by atoms with E-state index in [1.165, 1.54) is 6.42 Å². The Morgan fingerprint density at radius 2 is 1.77 bits per heavy atom. The Hall–Kier alpha value is -0.650. The number of likely N-dealkylation sites (tertiary alicyclic amines) is 1. The number of hydroxylamine groups is 2. The topological polar surface area (TPSA) is 44.8 Å². The normalized spacial score (nSPS) is 45.8. The second-order valence-electron chi connectivity index (χ2n) is 9.03. The molecule has 2 aliphatic heterocycles. The quantitative estimate of drug-likeness (QED) is 0.834. The lowest BCUT2D eigenvalue weighted by Crippen LogP contribution is -2.68. The highest BCUT2D eigenvalue weighted by molar-refractivity contribution is 5.83. The Balaban J connectivity index is 1.60. The monoisotopic (exact) mass is 307 g/mol. The number of likely N-dealkylation sites (N-methyl/N-ethyl adjacent to an activating group) is 1. The number of carbonyl (C=O) groups excluding carboxylic acids is 1. The lowest BCUT2D eigenvalue weighted by Gasteiger charge is -2.53. The first kappa shape index (κ1) is 14.9. The van der Waals surface area contributed by atoms with Crippen molar-refractivity contribution in [3.63, 3.8) is 0 Å². The van der Waals surface area contributed by atoms with Gasteiger partial charge in [0, 0.05) is 26.1 Å². The van der Waals surface area contributed by atoms with E-state index in [9.17, 15) is 4.79 Å². The summed E-state index contributed by atoms with van der Waals surface area (Å²) in [6, 6.07) is 0.290. The molecule has 2 saturated heterocycles. The summed E-state index contributed by atoms with van der Waals surface area (Å²) in [4.78, 5) is 21.0. The number of fused-ring (bicyclic) bond motifs is 1. The highest BCUT2D eigenvalue weighted by Gasteiger charge is 2.64. The van der Waals surface area contributed by atoms with E-state index >= 15 is 0 Å². The molecule has 2 saturated carbocycles. The number of nitrogens with one attached hydrogen (secondary N) is 1. The molecule has 0 aromatic carbocycles. The molecule has 5 unspecified atom stereocenters. The average Bonchev–Trinajstić information content (AvgIpc) is 3.02. The maximum Gasteiger partial charge on any atom is 0.226 e. The van der Waals surface area contributed by atoms with Crippen LogP contribution in [0.1, 0.15) is 40.5 Å². The van der Waals surface area contributed by atoms with E-state index in [-0.39, 0.29) is 29.1 Å². The molecule has 2 heterocycles. The molecule has 2 aliphatic carbocycles. The summed E-state index contributed by atoms with van der Waals surface area (Å²) >= 11 is 0. The van der Waals surface area contributed by atoms with Gasteiger partial charge in [0.15, 0.2) is 0 Å². The van der Waals surface area contributed by atoms with E-state index < -0.39 is 0 Å². The number of hydrogen-bond acceptors (Lipinski definition) is 4. The maximum absolute atomic E-state index is 12.4. The minimum Gasteiger partial charge on any atom is -0.340 e. The van der Waals surface area contributed by atoms with E-state index in [1.54, 1.807) is 0 Å². The fourth-order valence-electron chi connectivity index (χ4n) is 5.67. The van der Waals surface area contributed by atoms with E-state index in [0.29, 0.717) is 17.7 Å². The number of nitrogens with zero attached hydrogens (tertiary/aromatic N) is 2. The molecule has 124 valence electrons. The summed E-state index contributed by atoms with van der Waals surface area (Å²) in [5.74, 6) is 1.71. The van der Waals surface area contributed by atoms with Crippen LogP contribution >= 0.6 is 0 Å². The van der Waals surface area contributed by atoms with Crippen molar-refractivity contribution in [3.05, 3.63) is 0 Å². The summed E-state index contributed by atoms with van der Waals surface area (Å²) < 4.78 is 0. The van der Waals surface area contributed by atoms with Crippen molar-refractivity contribution in [1.29, 1.82) is 0 Å². The van der Waals surface area contributed by atoms with Crippen molar-refractivity contribution in [2.24, 2.45) is 17.8 Å². The minimum atomic E-state index is -0.0375. The van der Waals surface area contributed by atoms with Crippen LogP contribution in [-0.4, -0.2) is 59.2 Å². The molecule has 22 heavy (non-hydrogen) atoms. The fraction of sp³-hybridized carbons (Fsp3) is 0.941. The van der Waals surface area contributed by atoms with Gasteiger partial charge < -0.3 is 10.2 Å². The molecule has 5 nitrogen and oxygen atoms in total. The summed E-state index contributed by atoms with van der Waals surface area (Å²) in [6.07, 6.45) is 2.37. The van der Waals surface area contributed by atoms with Crippen LogP contribution in [0.25, 0.3) is 0 Å². The molecule has 5 heteroatoms. The van der Waals surface area contributed by atoms with Crippen LogP contribution in [0.5, 0.6) is 0 Å². The molecule has 4 rings (SSSR count). The van der Waals surface area contributed by atoms with Gasteiger partial charge in [-0.25, -0.2) is 0 Å². The van der Waals surface area contributed by atoms with Gasteiger partial charge in [0.2, 0.25) is 5.91 Å². The zero-order valence-electron chi connectivity index (χ0n) is 14.4. The molecular formula is C17H29N3O2. The first-order valence-corrected chi connectivity index (χ1v) is 8.67. The summed E-state index contributed by atoms with van der Waals surface area (Å²) in [5.41, 5.74) is -0.0751. The second kappa shape index (κ2) is 4.46. The van der Waals surface area contributed by atoms with Gasteiger partial charge in [0.1, 0.15) is 6.10 Å². The second-order valence-corrected chi connectivity index (χ2v) is 9.03. The first-order valence-electron chi connectivity index (χ1n) is 8.67. The third-order valence-corrected chi connectivity index (χ3v) is 6.44. The van der Waals surface area contributed by atoms with Crippen molar-refractivity contribution in [2.45, 2.75) is 63.8 Å². The molecule has 0 aromatic heterocycles. The number of rotatable bonds is 2. The van der Waals surface area contributed by atoms with Gasteiger partial charge in [0.05, 0.1) is 17.1 Å². The van der Waals surface area contributed by atoms with Crippen molar-refractivity contribution in [3.8, 4) is 0 Å². The third kappa shape index (κ3) is 1.85. The molecule has 2 bridgehead atoms. The van der Waals surface area contributed by atoms with E-state index in [1.807, 2.05) is 11.9 Å². The summed E-state index contributed by atoms with van der Waals surface area (Å²) in [6.45, 7) is 10.8. The standard InChI is InChI=1S/C17H29N3O2/c1-16(2)8-18-9-17(3,4)20(16)22-14-10-6-11-12(7-10)15(21)19(5)13(11)14/h10-14,18H,6-9H2,1-5H3. The third-order valence-electron chi connectivity index (χ3n) is 6.44. The maximum atomic E-state index is 12.4. The molecule has 4 aliphatic rings. The van der Waals surface area contributed by atoms with Crippen LogP contribution in [-0.2, 0) is 9.63 Å². The number of hydrogen-bond donors (Lipinski definition) is 1. The van der Waals surface area contributed by atoms with Gasteiger partial charge in [0.25, 0.3) is 0 Å². The molecule has 0 radical (unpaired) electrons. The lowest BCUT2D eigenvalue weighted by atomic mass is 9.87. The van der Waals surface area contributed by atoms with Gasteiger partial charge >= 0.3 is 0 Å². The Morgan fingerprint density at radius 1 is 1.14 bits per heavy atom. The van der Waals surface area contributed by atoms with Crippen LogP contribution < -0.4 is 5.32 Å². The van der Waals surface area contributed by atoms with E-state index in [2.05, 4.69) is 38.1 Å². The molecule has 0 aromatic rings. The van der Waals surface area contributed by atoms with Gasteiger partial charge in [-0.3, -0.25) is 9.63 Å². The van der Waals surface area contributed by atoms with Crippen molar-refractivity contribution in [2.75, 3.05) is 20.1 Å². The Labute approximate surface area is 133 Å². The molecule has 1 amide bonds. The fourth-order valence-corrected chi connectivity index (χ4v) is 5.67. The highest BCUT2D eigenvalue weighted by atomic mass is 16.7. The predicted molar refractivity (Wildman–Crippen MR) is 84.0 cm³/mol. The van der Waals surface area contributed by atoms with Crippen molar-refractivity contribution >= 4 is 5.91 Å². The molecule has 5 atom stereocenters. The number of piperazine rings is 1. The van der Waals surface area contributed by atoms with Crippen LogP contribution in [0.3, 0.4) is 0 Å². The number of amides is 1. The SMILES string of the molecule is CN1C(=O)C2CC3CC2C1C3ON1C(C)(C)CNCC1(C)C. The zero-order chi connectivity index (χ0) is 15.9. The summed E-state index contributed by atoms with van der Waals surface area (Å²) in [5, 5.41) is 5.75. The first-order chi connectivity index (χ1) is 10.2. The van der Waals surface area contributed by atoms with Gasteiger partial charge in [-0.15, -0.1) is 0 Å². The lowest BCUT2D eigenvalue weighted by molar-refractivity contribution is -0.311. The van der Waals surface area contributed by atoms with Crippen molar-refractivity contribution < 1.29 is 9.63 Å². The van der Waals surface area contributed by atoms with Crippen LogP contribution in [0.2, 0.25) is 0 Å². The Bertz CT molecular complexity index is 488. The van der Waals surface area contributed by atoms with Gasteiger partial charge in [-0.1, -0.05) is 0 Å². The largest absolute Gasteiger partial charge is 0.340 e. The van der Waals surface area contributed by atoms with Crippen LogP contribution in [0, 0.1) is 17.8 Å². The van der Waals surface area contributed by atoms with E-state index in [0.717, 1.165) is 19.5 Å². The van der Waals surface area contributed by atoms with Crippen molar-refractivity contribution in [1.82, 2.24) is 15.3 Å². The molecule has 1 N–H and O–H groups in total. The Morgan fingerprint density at radius 3 is 2.41 bits per heavy atom. The molecular weight excluding hydrogens is 278 g/mol. The average molecular weight is 307 g/mol. The number of carbonyl (C=O) groups is 1. The molecule has 0 spiro atoms. The Kier molecular flexibility index (Phi) is 3.02.